The molecule has 0 spiro atoms. The van der Waals surface area contributed by atoms with E-state index < -0.39 is 6.23 Å². The molecule has 5 N–H and O–H groups in total. The molecule has 0 aliphatic rings. The third kappa shape index (κ3) is 13.9. The molecule has 0 saturated heterocycles. The molecule has 0 saturated carbocycles. The Labute approximate surface area is 94.2 Å². The van der Waals surface area contributed by atoms with E-state index in [1.807, 2.05) is 0 Å². The molecule has 0 heterocycles. The highest BCUT2D eigenvalue weighted by Crippen LogP contribution is 2.10. The Bertz CT molecular complexity index is 118. The fraction of sp³-hybridized carbons (Fsp3) is 1.00. The van der Waals surface area contributed by atoms with E-state index in [2.05, 4.69) is 0 Å². The Morgan fingerprint density at radius 3 is 1.53 bits per heavy atom. The first kappa shape index (κ1) is 14.9. The summed E-state index contributed by atoms with van der Waals surface area (Å²) in [4.78, 5) is 0. The number of hydrogen-bond acceptors (Lipinski definition) is 3. The van der Waals surface area contributed by atoms with E-state index in [1.54, 1.807) is 0 Å². The topological polar surface area (TPSA) is 72.3 Å². The quantitative estimate of drug-likeness (QED) is 0.366. The van der Waals surface area contributed by atoms with Gasteiger partial charge in [-0.1, -0.05) is 44.9 Å². The second-order valence-corrected chi connectivity index (χ2v) is 4.33. The van der Waals surface area contributed by atoms with Crippen molar-refractivity contribution < 1.29 is 5.11 Å². The molecule has 0 aliphatic carbocycles. The van der Waals surface area contributed by atoms with Crippen LogP contribution in [0.2, 0.25) is 0 Å². The summed E-state index contributed by atoms with van der Waals surface area (Å²) in [5.41, 5.74) is 10.7. The number of hydrogen-bond donors (Lipinski definition) is 3. The molecular formula is C12H28N2O. The van der Waals surface area contributed by atoms with Crippen molar-refractivity contribution in [1.82, 2.24) is 0 Å². The molecule has 0 amide bonds. The summed E-state index contributed by atoms with van der Waals surface area (Å²) in [5, 5.41) is 8.84. The normalized spacial score (nSPS) is 13.0. The highest BCUT2D eigenvalue weighted by atomic mass is 16.3. The van der Waals surface area contributed by atoms with E-state index in [9.17, 15) is 0 Å². The van der Waals surface area contributed by atoms with Gasteiger partial charge in [0.2, 0.25) is 0 Å². The van der Waals surface area contributed by atoms with Crippen LogP contribution in [-0.4, -0.2) is 17.9 Å². The molecule has 15 heavy (non-hydrogen) atoms. The molecule has 92 valence electrons. The van der Waals surface area contributed by atoms with Crippen LogP contribution in [0.5, 0.6) is 0 Å². The molecule has 1 unspecified atom stereocenters. The zero-order chi connectivity index (χ0) is 11.4. The van der Waals surface area contributed by atoms with Gasteiger partial charge in [0.05, 0.1) is 0 Å². The van der Waals surface area contributed by atoms with Gasteiger partial charge in [-0.2, -0.15) is 0 Å². The summed E-state index contributed by atoms with van der Waals surface area (Å²) in [6.07, 6.45) is 11.5. The van der Waals surface area contributed by atoms with Crippen molar-refractivity contribution >= 4 is 0 Å². The molecule has 3 heteroatoms. The number of aliphatic hydroxyl groups is 1. The van der Waals surface area contributed by atoms with E-state index in [0.29, 0.717) is 0 Å². The van der Waals surface area contributed by atoms with Crippen molar-refractivity contribution in [3.63, 3.8) is 0 Å². The van der Waals surface area contributed by atoms with Gasteiger partial charge in [0.15, 0.2) is 0 Å². The van der Waals surface area contributed by atoms with Gasteiger partial charge in [0.25, 0.3) is 0 Å². The molecule has 3 nitrogen and oxygen atoms in total. The van der Waals surface area contributed by atoms with Crippen molar-refractivity contribution in [2.45, 2.75) is 70.4 Å². The second kappa shape index (κ2) is 12.0. The van der Waals surface area contributed by atoms with Gasteiger partial charge < -0.3 is 16.6 Å². The number of rotatable bonds is 11. The first-order valence-corrected chi connectivity index (χ1v) is 6.41. The van der Waals surface area contributed by atoms with Gasteiger partial charge in [-0.05, 0) is 25.8 Å². The maximum absolute atomic E-state index is 8.84. The van der Waals surface area contributed by atoms with Crippen LogP contribution in [0.15, 0.2) is 0 Å². The Morgan fingerprint density at radius 2 is 1.13 bits per heavy atom. The van der Waals surface area contributed by atoms with Gasteiger partial charge in [0.1, 0.15) is 6.23 Å². The lowest BCUT2D eigenvalue weighted by Crippen LogP contribution is -2.17. The first-order chi connectivity index (χ1) is 7.27. The summed E-state index contributed by atoms with van der Waals surface area (Å²) < 4.78 is 0. The van der Waals surface area contributed by atoms with Gasteiger partial charge in [0, 0.05) is 0 Å². The zero-order valence-electron chi connectivity index (χ0n) is 9.96. The van der Waals surface area contributed by atoms with Crippen LogP contribution < -0.4 is 11.5 Å². The van der Waals surface area contributed by atoms with Crippen molar-refractivity contribution in [1.29, 1.82) is 0 Å². The Kier molecular flexibility index (Phi) is 11.9. The van der Waals surface area contributed by atoms with Gasteiger partial charge in [-0.3, -0.25) is 0 Å². The minimum Gasteiger partial charge on any atom is -0.379 e. The molecule has 0 rings (SSSR count). The average Bonchev–Trinajstić information content (AvgIpc) is 2.20. The number of aliphatic hydroxyl groups excluding tert-OH is 1. The van der Waals surface area contributed by atoms with Crippen LogP contribution in [-0.2, 0) is 0 Å². The highest BCUT2D eigenvalue weighted by molar-refractivity contribution is 4.50. The summed E-state index contributed by atoms with van der Waals surface area (Å²) in [6.45, 7) is 0.835. The van der Waals surface area contributed by atoms with Crippen molar-refractivity contribution in [3.8, 4) is 0 Å². The second-order valence-electron chi connectivity index (χ2n) is 4.33. The molecule has 0 aromatic heterocycles. The van der Waals surface area contributed by atoms with E-state index >= 15 is 0 Å². The van der Waals surface area contributed by atoms with Crippen LogP contribution in [0.4, 0.5) is 0 Å². The molecule has 0 radical (unpaired) electrons. The lowest BCUT2D eigenvalue weighted by Gasteiger charge is -2.04. The van der Waals surface area contributed by atoms with Crippen LogP contribution in [0.1, 0.15) is 64.2 Å². The Hall–Kier alpha value is -0.120. The van der Waals surface area contributed by atoms with E-state index in [4.69, 9.17) is 16.6 Å². The van der Waals surface area contributed by atoms with Gasteiger partial charge in [-0.25, -0.2) is 0 Å². The van der Waals surface area contributed by atoms with Crippen LogP contribution in [0.25, 0.3) is 0 Å². The fourth-order valence-corrected chi connectivity index (χ4v) is 1.74. The van der Waals surface area contributed by atoms with Gasteiger partial charge in [-0.15, -0.1) is 0 Å². The van der Waals surface area contributed by atoms with Crippen molar-refractivity contribution in [2.75, 3.05) is 6.54 Å². The summed E-state index contributed by atoms with van der Waals surface area (Å²) in [6, 6.07) is 0. The van der Waals surface area contributed by atoms with Crippen molar-refractivity contribution in [2.24, 2.45) is 11.5 Å². The molecule has 0 bridgehead atoms. The van der Waals surface area contributed by atoms with E-state index in [0.717, 1.165) is 19.4 Å². The molecule has 0 fully saturated rings. The molecule has 1 atom stereocenters. The van der Waals surface area contributed by atoms with Crippen LogP contribution >= 0.6 is 0 Å². The predicted molar refractivity (Wildman–Crippen MR) is 65.4 cm³/mol. The van der Waals surface area contributed by atoms with Crippen molar-refractivity contribution in [3.05, 3.63) is 0 Å². The SMILES string of the molecule is NCCCCCCCCCCCC(N)O. The third-order valence-electron chi connectivity index (χ3n) is 2.70. The maximum Gasteiger partial charge on any atom is 0.102 e. The summed E-state index contributed by atoms with van der Waals surface area (Å²) in [5.74, 6) is 0. The lowest BCUT2D eigenvalue weighted by molar-refractivity contribution is 0.168. The minimum atomic E-state index is -0.610. The van der Waals surface area contributed by atoms with Crippen LogP contribution in [0, 0.1) is 0 Å². The Morgan fingerprint density at radius 1 is 0.733 bits per heavy atom. The molecule has 0 aromatic rings. The maximum atomic E-state index is 8.84. The lowest BCUT2D eigenvalue weighted by atomic mass is 10.1. The average molecular weight is 216 g/mol. The predicted octanol–water partition coefficient (Wildman–Crippen LogP) is 2.12. The monoisotopic (exact) mass is 216 g/mol. The van der Waals surface area contributed by atoms with E-state index in [-0.39, 0.29) is 0 Å². The third-order valence-corrected chi connectivity index (χ3v) is 2.70. The number of nitrogens with two attached hydrogens (primary N) is 2. The van der Waals surface area contributed by atoms with Gasteiger partial charge >= 0.3 is 0 Å². The fourth-order valence-electron chi connectivity index (χ4n) is 1.74. The summed E-state index contributed by atoms with van der Waals surface area (Å²) >= 11 is 0. The molecular weight excluding hydrogens is 188 g/mol. The first-order valence-electron chi connectivity index (χ1n) is 6.41. The Balaban J connectivity index is 2.87. The molecule has 0 aromatic carbocycles. The smallest absolute Gasteiger partial charge is 0.102 e. The standard InChI is InChI=1S/C12H28N2O/c13-11-9-7-5-3-1-2-4-6-8-10-12(14)15/h12,15H,1-11,13-14H2. The minimum absolute atomic E-state index is 0.610. The largest absolute Gasteiger partial charge is 0.379 e. The van der Waals surface area contributed by atoms with E-state index in [1.165, 1.54) is 51.4 Å². The number of unbranched alkanes of at least 4 members (excludes halogenated alkanes) is 8. The molecule has 0 aliphatic heterocycles. The highest BCUT2D eigenvalue weighted by Gasteiger charge is 1.95. The van der Waals surface area contributed by atoms with Crippen LogP contribution in [0.3, 0.4) is 0 Å². The zero-order valence-corrected chi connectivity index (χ0v) is 9.96. The summed E-state index contributed by atoms with van der Waals surface area (Å²) in [7, 11) is 0.